The van der Waals surface area contributed by atoms with Crippen LogP contribution in [0.1, 0.15) is 20.7 Å². The van der Waals surface area contributed by atoms with E-state index in [0.29, 0.717) is 16.5 Å². The van der Waals surface area contributed by atoms with Gasteiger partial charge in [0.25, 0.3) is 47.8 Å². The van der Waals surface area contributed by atoms with Crippen LogP contribution in [0.3, 0.4) is 0 Å². The number of nitrogens with one attached hydrogen (secondary N) is 6. The lowest BCUT2D eigenvalue weighted by Gasteiger charge is -2.13. The molecule has 22 nitrogen and oxygen atoms in total. The fourth-order valence-electron chi connectivity index (χ4n) is 8.37. The normalized spacial score (nSPS) is 11.4. The minimum atomic E-state index is -3.98. The van der Waals surface area contributed by atoms with Crippen molar-refractivity contribution in [1.29, 1.82) is 0 Å². The van der Waals surface area contributed by atoms with Gasteiger partial charge in [0, 0.05) is 75.5 Å². The molecule has 0 saturated heterocycles. The maximum Gasteiger partial charge on any atom is 0.264 e. The number of ether oxygens (including phenoxy) is 1. The highest BCUT2D eigenvalue weighted by Gasteiger charge is 2.25. The molecule has 0 saturated carbocycles. The number of halogens is 5. The number of anilines is 6. The fourth-order valence-corrected chi connectivity index (χ4v) is 14.5. The number of benzene rings is 6. The van der Waals surface area contributed by atoms with Crippen molar-refractivity contribution < 1.29 is 61.9 Å². The van der Waals surface area contributed by atoms with Gasteiger partial charge < -0.3 is 20.7 Å². The van der Waals surface area contributed by atoms with E-state index in [1.165, 1.54) is 110 Å². The monoisotopic (exact) mass is 1370 g/mol. The van der Waals surface area contributed by atoms with Crippen molar-refractivity contribution in [2.24, 2.45) is 0 Å². The quantitative estimate of drug-likeness (QED) is 0.0462. The standard InChI is InChI=1S/C20H14ClFN4O4S2.C19H12F2N4O3S2.C19H13FN4O3S2/c21-14-10-12(3-4-15(14)22)30-11-18(27)25-16-5-6-17(13-2-1-7-23-19(13)16)32(28,29)26-20-24-8-9-31-20;20-11-3-4-14(21)13(10-11)18(26)24-15-5-6-16(12-2-1-7-22-17(12)15)30(27,28)25-19-23-8-9-29-19;20-14-6-2-1-4-12(14)18(25)23-15-7-8-16(13-5-3-9-21-17(13)15)29(26,27)24-19-22-10-11-28-19/h1-10H,11H2,(H,24,26)(H,25,27);1-10H,(H,23,25)(H,24,26);1-11H,(H,22,24)(H,23,25). The van der Waals surface area contributed by atoms with Crippen molar-refractivity contribution in [2.45, 2.75) is 14.7 Å². The summed E-state index contributed by atoms with van der Waals surface area (Å²) in [7, 11) is -11.8. The summed E-state index contributed by atoms with van der Waals surface area (Å²) in [6, 6.07) is 29.5. The van der Waals surface area contributed by atoms with Crippen molar-refractivity contribution in [3.63, 3.8) is 0 Å². The SMILES string of the molecule is O=C(COc1ccc(F)c(Cl)c1)Nc1ccc(S(=O)(=O)Nc2nccs2)c2cccnc12.O=C(Nc1ccc(S(=O)(=O)Nc2nccs2)c2cccnc12)c1cc(F)ccc1F.O=C(Nc1ccc(S(=O)(=O)Nc2nccs2)c2cccnc12)c1ccccc1F. The van der Waals surface area contributed by atoms with E-state index in [1.807, 2.05) is 0 Å². The fraction of sp³-hybridized carbons (Fsp3) is 0.0172. The number of carbonyl (C=O) groups excluding carboxylic acids is 3. The smallest absolute Gasteiger partial charge is 0.264 e. The molecular formula is C58H39ClF4N12O10S6. The molecule has 0 radical (unpaired) electrons. The van der Waals surface area contributed by atoms with Gasteiger partial charge in [-0.15, -0.1) is 34.0 Å². The summed E-state index contributed by atoms with van der Waals surface area (Å²) in [6.07, 6.45) is 8.83. The molecule has 12 aromatic rings. The molecule has 0 aliphatic heterocycles. The molecule has 6 N–H and O–H groups in total. The first kappa shape index (κ1) is 63.9. The third-order valence-corrected chi connectivity index (χ3v) is 19.3. The van der Waals surface area contributed by atoms with Crippen LogP contribution in [0.15, 0.2) is 201 Å². The second kappa shape index (κ2) is 27.7. The number of thiazole rings is 3. The molecule has 0 bridgehead atoms. The van der Waals surface area contributed by atoms with Gasteiger partial charge in [-0.3, -0.25) is 43.5 Å². The number of pyridine rings is 3. The largest absolute Gasteiger partial charge is 0.484 e. The topological polar surface area (TPSA) is 312 Å². The molecule has 6 aromatic heterocycles. The van der Waals surface area contributed by atoms with Crippen molar-refractivity contribution in [3.8, 4) is 5.75 Å². The molecule has 0 unspecified atom stereocenters. The summed E-state index contributed by atoms with van der Waals surface area (Å²) in [5.74, 6) is -4.76. The molecule has 12 rings (SSSR count). The Labute approximate surface area is 530 Å². The van der Waals surface area contributed by atoms with E-state index in [9.17, 15) is 57.2 Å². The molecule has 462 valence electrons. The van der Waals surface area contributed by atoms with Crippen molar-refractivity contribution in [3.05, 3.63) is 226 Å². The lowest BCUT2D eigenvalue weighted by Crippen LogP contribution is -2.21. The predicted octanol–water partition coefficient (Wildman–Crippen LogP) is 12.2. The highest BCUT2D eigenvalue weighted by Crippen LogP contribution is 2.34. The van der Waals surface area contributed by atoms with Crippen LogP contribution in [0.25, 0.3) is 32.7 Å². The molecular weight excluding hydrogens is 1330 g/mol. The Kier molecular flexibility index (Phi) is 19.5. The third-order valence-electron chi connectivity index (χ3n) is 12.3. The molecule has 0 spiro atoms. The maximum absolute atomic E-state index is 13.9. The molecule has 3 amide bonds. The Morgan fingerprint density at radius 1 is 0.440 bits per heavy atom. The van der Waals surface area contributed by atoms with Crippen molar-refractivity contribution >= 4 is 159 Å². The number of hydrogen-bond acceptors (Lipinski definition) is 19. The average Bonchev–Trinajstić information content (AvgIpc) is 1.28. The highest BCUT2D eigenvalue weighted by atomic mass is 35.5. The first-order valence-corrected chi connectivity index (χ1v) is 33.2. The first-order chi connectivity index (χ1) is 43.6. The van der Waals surface area contributed by atoms with Crippen LogP contribution in [-0.4, -0.2) is 79.5 Å². The van der Waals surface area contributed by atoms with E-state index in [4.69, 9.17) is 16.3 Å². The number of hydrogen-bond donors (Lipinski definition) is 6. The molecule has 0 atom stereocenters. The second-order valence-corrected chi connectivity index (χ2v) is 26.3. The molecule has 0 fully saturated rings. The van der Waals surface area contributed by atoms with E-state index in [2.05, 4.69) is 60.0 Å². The highest BCUT2D eigenvalue weighted by molar-refractivity contribution is 7.93. The van der Waals surface area contributed by atoms with E-state index in [-0.39, 0.29) is 86.3 Å². The zero-order valence-electron chi connectivity index (χ0n) is 45.7. The van der Waals surface area contributed by atoms with E-state index in [0.717, 1.165) is 58.3 Å². The van der Waals surface area contributed by atoms with Crippen LogP contribution in [0.5, 0.6) is 5.75 Å². The van der Waals surface area contributed by atoms with Gasteiger partial charge in [0.1, 0.15) is 29.0 Å². The minimum absolute atomic E-state index is 0.00833. The molecule has 0 aliphatic rings. The Morgan fingerprint density at radius 3 is 1.29 bits per heavy atom. The van der Waals surface area contributed by atoms with Gasteiger partial charge >= 0.3 is 0 Å². The third kappa shape index (κ3) is 15.3. The second-order valence-electron chi connectivity index (χ2n) is 18.3. The lowest BCUT2D eigenvalue weighted by atomic mass is 10.1. The number of nitrogens with zero attached hydrogens (tertiary/aromatic N) is 6. The summed E-state index contributed by atoms with van der Waals surface area (Å²) >= 11 is 9.12. The minimum Gasteiger partial charge on any atom is -0.484 e. The van der Waals surface area contributed by atoms with Crippen LogP contribution in [0.2, 0.25) is 5.02 Å². The van der Waals surface area contributed by atoms with E-state index in [1.54, 1.807) is 52.5 Å². The Hall–Kier alpha value is -10.1. The van der Waals surface area contributed by atoms with Gasteiger partial charge in [-0.1, -0.05) is 23.7 Å². The van der Waals surface area contributed by atoms with Crippen LogP contribution in [0, 0.1) is 23.3 Å². The molecule has 6 aromatic carbocycles. The molecule has 6 heterocycles. The number of fused-ring (bicyclic) bond motifs is 3. The Morgan fingerprint density at radius 2 is 0.857 bits per heavy atom. The average molecular weight is 1370 g/mol. The van der Waals surface area contributed by atoms with E-state index < -0.39 is 76.6 Å². The van der Waals surface area contributed by atoms with Crippen LogP contribution in [0.4, 0.5) is 50.0 Å². The Balaban J connectivity index is 0.000000150. The van der Waals surface area contributed by atoms with Gasteiger partial charge in [-0.2, -0.15) is 0 Å². The van der Waals surface area contributed by atoms with Crippen LogP contribution in [-0.2, 0) is 34.9 Å². The number of rotatable bonds is 17. The van der Waals surface area contributed by atoms with Crippen LogP contribution >= 0.6 is 45.6 Å². The zero-order valence-corrected chi connectivity index (χ0v) is 51.4. The van der Waals surface area contributed by atoms with Gasteiger partial charge in [-0.25, -0.2) is 57.8 Å². The van der Waals surface area contributed by atoms with Gasteiger partial charge in [0.15, 0.2) is 22.0 Å². The van der Waals surface area contributed by atoms with Gasteiger partial charge in [0.2, 0.25) is 0 Å². The molecule has 33 heteroatoms. The summed E-state index contributed by atoms with van der Waals surface area (Å²) in [5.41, 5.74) is 0.825. The lowest BCUT2D eigenvalue weighted by molar-refractivity contribution is -0.118. The van der Waals surface area contributed by atoms with Gasteiger partial charge in [-0.05, 0) is 115 Å². The number of amides is 3. The number of sulfonamides is 3. The summed E-state index contributed by atoms with van der Waals surface area (Å²) in [4.78, 5) is 61.5. The molecule has 0 aliphatic carbocycles. The van der Waals surface area contributed by atoms with Crippen molar-refractivity contribution in [2.75, 3.05) is 36.7 Å². The summed E-state index contributed by atoms with van der Waals surface area (Å²) < 4.78 is 144. The predicted molar refractivity (Wildman–Crippen MR) is 338 cm³/mol. The number of aromatic nitrogens is 6. The van der Waals surface area contributed by atoms with Gasteiger partial charge in [0.05, 0.1) is 64.4 Å². The summed E-state index contributed by atoms with van der Waals surface area (Å²) in [5, 5.41) is 14.0. The molecule has 91 heavy (non-hydrogen) atoms. The summed E-state index contributed by atoms with van der Waals surface area (Å²) in [6.45, 7) is -0.373. The Bertz CT molecular complexity index is 5070. The maximum atomic E-state index is 13.9. The van der Waals surface area contributed by atoms with Crippen LogP contribution < -0.4 is 34.9 Å². The first-order valence-electron chi connectivity index (χ1n) is 25.7. The van der Waals surface area contributed by atoms with Crippen molar-refractivity contribution in [1.82, 2.24) is 29.9 Å². The zero-order chi connectivity index (χ0) is 64.5. The number of carbonyl (C=O) groups is 3. The van der Waals surface area contributed by atoms with E-state index >= 15 is 0 Å².